The van der Waals surface area contributed by atoms with Crippen molar-refractivity contribution in [1.82, 2.24) is 26.6 Å². The molecule has 5 atom stereocenters. The molecule has 0 unspecified atom stereocenters. The van der Waals surface area contributed by atoms with E-state index in [0.29, 0.717) is 32.1 Å². The van der Waals surface area contributed by atoms with Gasteiger partial charge >= 0.3 is 12.1 Å². The van der Waals surface area contributed by atoms with Gasteiger partial charge in [-0.15, -0.1) is 12.4 Å². The maximum atomic E-state index is 13.9. The molecule has 1 rings (SSSR count). The Morgan fingerprint density at radius 2 is 1.06 bits per heavy atom. The Labute approximate surface area is 328 Å². The van der Waals surface area contributed by atoms with Crippen molar-refractivity contribution in [2.75, 3.05) is 13.7 Å². The molecular formula is C39H67ClN6O8. The van der Waals surface area contributed by atoms with E-state index in [0.717, 1.165) is 5.56 Å². The van der Waals surface area contributed by atoms with Gasteiger partial charge in [-0.2, -0.15) is 0 Å². The van der Waals surface area contributed by atoms with Crippen LogP contribution >= 0.6 is 12.4 Å². The van der Waals surface area contributed by atoms with Gasteiger partial charge in [0.2, 0.25) is 23.6 Å². The summed E-state index contributed by atoms with van der Waals surface area (Å²) in [5, 5.41) is 13.8. The number of benzene rings is 1. The molecule has 54 heavy (non-hydrogen) atoms. The number of nitrogens with two attached hydrogens (primary N) is 1. The molecule has 0 heterocycles. The first-order valence-corrected chi connectivity index (χ1v) is 18.9. The molecule has 0 spiro atoms. The van der Waals surface area contributed by atoms with Crippen LogP contribution in [0.2, 0.25) is 0 Å². The van der Waals surface area contributed by atoms with Crippen molar-refractivity contribution in [2.45, 2.75) is 137 Å². The summed E-state index contributed by atoms with van der Waals surface area (Å²) >= 11 is 0. The number of hydrogen-bond acceptors (Lipinski definition) is 9. The summed E-state index contributed by atoms with van der Waals surface area (Å²) < 4.78 is 10.2. The topological polar surface area (TPSA) is 207 Å². The molecule has 0 radical (unpaired) electrons. The molecule has 0 aliphatic rings. The van der Waals surface area contributed by atoms with Gasteiger partial charge in [-0.25, -0.2) is 9.59 Å². The van der Waals surface area contributed by atoms with Crippen LogP contribution in [0.3, 0.4) is 0 Å². The minimum Gasteiger partial charge on any atom is -0.467 e. The normalized spacial score (nSPS) is 13.9. The Balaban J connectivity index is 0.0000281. The van der Waals surface area contributed by atoms with Crippen LogP contribution in [0.1, 0.15) is 106 Å². The van der Waals surface area contributed by atoms with Crippen molar-refractivity contribution in [3.63, 3.8) is 0 Å². The Hall–Kier alpha value is -3.91. The smallest absolute Gasteiger partial charge is 0.407 e. The fourth-order valence-corrected chi connectivity index (χ4v) is 5.65. The lowest BCUT2D eigenvalue weighted by molar-refractivity contribution is -0.146. The molecule has 7 N–H and O–H groups in total. The number of hydrogen-bond donors (Lipinski definition) is 6. The number of rotatable bonds is 24. The van der Waals surface area contributed by atoms with E-state index >= 15 is 0 Å². The van der Waals surface area contributed by atoms with Crippen LogP contribution in [0.4, 0.5) is 4.79 Å². The van der Waals surface area contributed by atoms with Gasteiger partial charge in [0.15, 0.2) is 0 Å². The van der Waals surface area contributed by atoms with E-state index in [1.54, 1.807) is 0 Å². The minimum atomic E-state index is -1.09. The number of amides is 5. The van der Waals surface area contributed by atoms with Crippen molar-refractivity contribution < 1.29 is 38.2 Å². The predicted octanol–water partition coefficient (Wildman–Crippen LogP) is 4.13. The molecule has 0 aliphatic heterocycles. The number of nitrogens with one attached hydrogen (secondary N) is 5. The number of ether oxygens (including phenoxy) is 2. The number of esters is 1. The molecule has 1 aromatic rings. The summed E-state index contributed by atoms with van der Waals surface area (Å²) in [5.74, 6) is -2.47. The highest BCUT2D eigenvalue weighted by Crippen LogP contribution is 2.13. The summed E-state index contributed by atoms with van der Waals surface area (Å²) in [6.45, 7) is 15.8. The summed E-state index contributed by atoms with van der Waals surface area (Å²) in [5.41, 5.74) is 6.96. The van der Waals surface area contributed by atoms with Crippen molar-refractivity contribution >= 4 is 48.1 Å². The van der Waals surface area contributed by atoms with E-state index < -0.39 is 65.9 Å². The number of carbonyl (C=O) groups excluding carboxylic acids is 6. The Bertz CT molecular complexity index is 1300. The van der Waals surface area contributed by atoms with Gasteiger partial charge < -0.3 is 41.8 Å². The fraction of sp³-hybridized carbons (Fsp3) is 0.692. The molecule has 308 valence electrons. The van der Waals surface area contributed by atoms with Gasteiger partial charge in [0.1, 0.15) is 30.8 Å². The SMILES string of the molecule is COC(=O)[C@H](CC(C)C)NC(=O)[C@H](CC(C)C)NC(=O)[C@H](CCCCNC(=O)OCc1ccccc1)NC(=O)[C@H](CC(C)C)NC(=O)[C@@H](N)CC(C)C.Cl. The summed E-state index contributed by atoms with van der Waals surface area (Å²) in [7, 11) is 1.25. The highest BCUT2D eigenvalue weighted by atomic mass is 35.5. The van der Waals surface area contributed by atoms with Crippen LogP contribution in [-0.4, -0.2) is 79.6 Å². The molecule has 1 aromatic carbocycles. The van der Waals surface area contributed by atoms with Crippen molar-refractivity contribution in [3.8, 4) is 0 Å². The third kappa shape index (κ3) is 21.1. The van der Waals surface area contributed by atoms with Gasteiger partial charge in [0.25, 0.3) is 0 Å². The number of alkyl carbamates (subject to hydrolysis) is 1. The summed E-state index contributed by atoms with van der Waals surface area (Å²) in [4.78, 5) is 78.8. The number of unbranched alkanes of at least 4 members (excludes halogenated alkanes) is 1. The first-order valence-electron chi connectivity index (χ1n) is 18.9. The predicted molar refractivity (Wildman–Crippen MR) is 211 cm³/mol. The first-order chi connectivity index (χ1) is 24.9. The first kappa shape index (κ1) is 50.1. The van der Waals surface area contributed by atoms with E-state index in [4.69, 9.17) is 15.2 Å². The van der Waals surface area contributed by atoms with Gasteiger partial charge in [0, 0.05) is 6.54 Å². The van der Waals surface area contributed by atoms with Crippen molar-refractivity contribution in [3.05, 3.63) is 35.9 Å². The largest absolute Gasteiger partial charge is 0.467 e. The lowest BCUT2D eigenvalue weighted by Gasteiger charge is -2.28. The maximum absolute atomic E-state index is 13.9. The highest BCUT2D eigenvalue weighted by molar-refractivity contribution is 5.95. The molecule has 0 saturated heterocycles. The quantitative estimate of drug-likeness (QED) is 0.0658. The van der Waals surface area contributed by atoms with Crippen molar-refractivity contribution in [1.29, 1.82) is 0 Å². The van der Waals surface area contributed by atoms with Crippen LogP contribution in [0, 0.1) is 23.7 Å². The number of carbonyl (C=O) groups is 6. The maximum Gasteiger partial charge on any atom is 0.407 e. The zero-order valence-electron chi connectivity index (χ0n) is 33.7. The van der Waals surface area contributed by atoms with Crippen LogP contribution in [0.25, 0.3) is 0 Å². The number of halogens is 1. The molecule has 0 saturated carbocycles. The van der Waals surface area contributed by atoms with Crippen LogP contribution in [0.5, 0.6) is 0 Å². The van der Waals surface area contributed by atoms with Gasteiger partial charge in [-0.3, -0.25) is 19.2 Å². The molecule has 0 fully saturated rings. The van der Waals surface area contributed by atoms with Crippen LogP contribution in [-0.2, 0) is 40.1 Å². The van der Waals surface area contributed by atoms with Crippen LogP contribution in [0.15, 0.2) is 30.3 Å². The zero-order chi connectivity index (χ0) is 40.1. The third-order valence-corrected chi connectivity index (χ3v) is 8.29. The van der Waals surface area contributed by atoms with E-state index in [-0.39, 0.29) is 62.1 Å². The second kappa shape index (κ2) is 26.8. The van der Waals surface area contributed by atoms with Crippen LogP contribution < -0.4 is 32.3 Å². The zero-order valence-corrected chi connectivity index (χ0v) is 34.5. The third-order valence-electron chi connectivity index (χ3n) is 8.29. The van der Waals surface area contributed by atoms with E-state index in [1.165, 1.54) is 7.11 Å². The average molecular weight is 783 g/mol. The minimum absolute atomic E-state index is 0. The van der Waals surface area contributed by atoms with Gasteiger partial charge in [-0.1, -0.05) is 85.7 Å². The van der Waals surface area contributed by atoms with Gasteiger partial charge in [-0.05, 0) is 74.2 Å². The lowest BCUT2D eigenvalue weighted by atomic mass is 9.99. The second-order valence-corrected chi connectivity index (χ2v) is 15.4. The van der Waals surface area contributed by atoms with E-state index in [2.05, 4.69) is 26.6 Å². The molecule has 0 aliphatic carbocycles. The monoisotopic (exact) mass is 782 g/mol. The Morgan fingerprint density at radius 1 is 0.611 bits per heavy atom. The molecule has 14 nitrogen and oxygen atoms in total. The molecule has 0 bridgehead atoms. The Kier molecular flexibility index (Phi) is 24.9. The lowest BCUT2D eigenvalue weighted by Crippen LogP contribution is -2.59. The highest BCUT2D eigenvalue weighted by Gasteiger charge is 2.33. The standard InChI is InChI=1S/C39H66N6O8.ClH/c1-24(2)19-29(40)34(46)43-31(20-25(3)4)36(48)42-30(17-13-14-18-41-39(51)53-23-28-15-11-10-12-16-28)35(47)44-32(21-26(5)6)37(49)45-33(22-27(7)8)38(50)52-9;/h10-12,15-16,24-27,29-33H,13-14,17-23,40H2,1-9H3,(H,41,51)(H,42,48)(H,43,46)(H,44,47)(H,45,49);1H/t29-,30-,31-,32-,33-;/m0./s1. The number of methoxy groups -OCH3 is 1. The average Bonchev–Trinajstić information content (AvgIpc) is 3.08. The fourth-order valence-electron chi connectivity index (χ4n) is 5.65. The molecule has 15 heteroatoms. The Morgan fingerprint density at radius 3 is 1.56 bits per heavy atom. The summed E-state index contributed by atoms with van der Waals surface area (Å²) in [6.07, 6.45) is 1.82. The van der Waals surface area contributed by atoms with Crippen molar-refractivity contribution in [2.24, 2.45) is 29.4 Å². The summed E-state index contributed by atoms with van der Waals surface area (Å²) in [6, 6.07) is 4.52. The molecule has 0 aromatic heterocycles. The molecule has 5 amide bonds. The van der Waals surface area contributed by atoms with E-state index in [9.17, 15) is 28.8 Å². The van der Waals surface area contributed by atoms with Gasteiger partial charge in [0.05, 0.1) is 13.2 Å². The molecular weight excluding hydrogens is 716 g/mol. The van der Waals surface area contributed by atoms with E-state index in [1.807, 2.05) is 85.7 Å². The second-order valence-electron chi connectivity index (χ2n) is 15.4.